The predicted octanol–water partition coefficient (Wildman–Crippen LogP) is 3.65. The molecule has 0 aromatic heterocycles. The topological polar surface area (TPSA) is 65.0 Å². The van der Waals surface area contributed by atoms with Gasteiger partial charge in [-0.2, -0.15) is 0 Å². The Labute approximate surface area is 138 Å². The maximum Gasteiger partial charge on any atom is 0.322 e. The van der Waals surface area contributed by atoms with Crippen LogP contribution in [0.15, 0.2) is 5.16 Å². The summed E-state index contributed by atoms with van der Waals surface area (Å²) in [5, 5.41) is 4.01. The van der Waals surface area contributed by atoms with Crippen LogP contribution in [-0.2, 0) is 19.2 Å². The maximum atomic E-state index is 12.7. The van der Waals surface area contributed by atoms with Crippen molar-refractivity contribution in [1.82, 2.24) is 0 Å². The summed E-state index contributed by atoms with van der Waals surface area (Å²) in [5.41, 5.74) is -0.0410. The van der Waals surface area contributed by atoms with Gasteiger partial charge in [0.15, 0.2) is 11.7 Å². The number of esters is 1. The van der Waals surface area contributed by atoms with E-state index in [4.69, 9.17) is 9.57 Å². The number of carbonyl (C=O) groups excluding carboxylic acids is 2. The van der Waals surface area contributed by atoms with E-state index in [2.05, 4.69) is 12.1 Å². The summed E-state index contributed by atoms with van der Waals surface area (Å²) in [6.07, 6.45) is 6.57. The van der Waals surface area contributed by atoms with Gasteiger partial charge in [-0.25, -0.2) is 0 Å². The normalized spacial score (nSPS) is 32.0. The molecule has 5 heteroatoms. The van der Waals surface area contributed by atoms with Crippen molar-refractivity contribution in [2.24, 2.45) is 17.0 Å². The molecular weight excluding hydrogens is 294 g/mol. The minimum absolute atomic E-state index is 0.0527. The van der Waals surface area contributed by atoms with Gasteiger partial charge < -0.3 is 9.57 Å². The first kappa shape index (κ1) is 18.0. The lowest BCUT2D eigenvalue weighted by atomic mass is 9.72. The van der Waals surface area contributed by atoms with Gasteiger partial charge in [-0.15, -0.1) is 0 Å². The zero-order chi connectivity index (χ0) is 16.9. The number of ketones is 1. The van der Waals surface area contributed by atoms with Crippen molar-refractivity contribution in [2.75, 3.05) is 6.61 Å². The van der Waals surface area contributed by atoms with Crippen LogP contribution in [0.25, 0.3) is 0 Å². The zero-order valence-corrected chi connectivity index (χ0v) is 14.6. The monoisotopic (exact) mass is 323 g/mol. The van der Waals surface area contributed by atoms with Gasteiger partial charge in [0.2, 0.25) is 0 Å². The van der Waals surface area contributed by atoms with E-state index in [0.717, 1.165) is 38.5 Å². The Morgan fingerprint density at radius 3 is 2.48 bits per heavy atom. The summed E-state index contributed by atoms with van der Waals surface area (Å²) in [6, 6.07) is 0. The summed E-state index contributed by atoms with van der Waals surface area (Å²) in [5.74, 6) is -0.649. The average Bonchev–Trinajstić information content (AvgIpc) is 2.52. The quantitative estimate of drug-likeness (QED) is 0.324. The minimum atomic E-state index is -0.865. The molecule has 0 bridgehead atoms. The third-order valence-electron chi connectivity index (χ3n) is 5.12. The Morgan fingerprint density at radius 1 is 1.26 bits per heavy atom. The molecule has 0 aromatic rings. The number of ether oxygens (including phenoxy) is 1. The molecule has 1 spiro atoms. The van der Waals surface area contributed by atoms with Crippen molar-refractivity contribution in [3.63, 3.8) is 0 Å². The Kier molecular flexibility index (Phi) is 6.19. The van der Waals surface area contributed by atoms with Gasteiger partial charge in [-0.3, -0.25) is 9.59 Å². The van der Waals surface area contributed by atoms with Gasteiger partial charge >= 0.3 is 5.97 Å². The third kappa shape index (κ3) is 4.12. The smallest absolute Gasteiger partial charge is 0.322 e. The summed E-state index contributed by atoms with van der Waals surface area (Å²) in [6.45, 7) is 6.44. The molecule has 1 unspecified atom stereocenters. The lowest BCUT2D eigenvalue weighted by Gasteiger charge is -2.43. The van der Waals surface area contributed by atoms with Crippen LogP contribution in [0.1, 0.15) is 72.1 Å². The second-order valence-corrected chi connectivity index (χ2v) is 6.78. The van der Waals surface area contributed by atoms with Crippen molar-refractivity contribution in [3.05, 3.63) is 0 Å². The number of oxime groups is 1. The van der Waals surface area contributed by atoms with Crippen molar-refractivity contribution in [1.29, 1.82) is 0 Å². The second-order valence-electron chi connectivity index (χ2n) is 6.78. The molecule has 0 radical (unpaired) electrons. The Bertz CT molecular complexity index is 444. The van der Waals surface area contributed by atoms with Crippen molar-refractivity contribution < 1.29 is 19.2 Å². The predicted molar refractivity (Wildman–Crippen MR) is 88.2 cm³/mol. The Balaban J connectivity index is 2.10. The fourth-order valence-corrected chi connectivity index (χ4v) is 3.72. The minimum Gasteiger partial charge on any atom is -0.458 e. The molecule has 23 heavy (non-hydrogen) atoms. The third-order valence-corrected chi connectivity index (χ3v) is 5.12. The Hall–Kier alpha value is -1.39. The first-order valence-electron chi connectivity index (χ1n) is 8.99. The van der Waals surface area contributed by atoms with E-state index in [1.165, 1.54) is 0 Å². The largest absolute Gasteiger partial charge is 0.458 e. The summed E-state index contributed by atoms with van der Waals surface area (Å²) < 4.78 is 5.80. The molecule has 5 nitrogen and oxygen atoms in total. The van der Waals surface area contributed by atoms with Crippen LogP contribution in [0, 0.1) is 11.8 Å². The van der Waals surface area contributed by atoms with E-state index in [0.29, 0.717) is 31.1 Å². The number of rotatable bonds is 6. The highest BCUT2D eigenvalue weighted by atomic mass is 16.6. The molecule has 1 aliphatic carbocycles. The lowest BCUT2D eigenvalue weighted by molar-refractivity contribution is -0.179. The van der Waals surface area contributed by atoms with E-state index in [1.54, 1.807) is 0 Å². The van der Waals surface area contributed by atoms with Crippen LogP contribution >= 0.6 is 0 Å². The molecule has 0 aromatic carbocycles. The van der Waals surface area contributed by atoms with E-state index in [-0.39, 0.29) is 5.78 Å². The van der Waals surface area contributed by atoms with Gasteiger partial charge in [0.05, 0.1) is 5.71 Å². The first-order valence-corrected chi connectivity index (χ1v) is 8.99. The Morgan fingerprint density at radius 2 is 1.96 bits per heavy atom. The highest BCUT2D eigenvalue weighted by molar-refractivity contribution is 6.20. The van der Waals surface area contributed by atoms with Crippen LogP contribution < -0.4 is 0 Å². The molecule has 2 rings (SSSR count). The molecule has 0 amide bonds. The van der Waals surface area contributed by atoms with E-state index >= 15 is 0 Å². The first-order chi connectivity index (χ1) is 11.0. The number of hydrogen-bond donors (Lipinski definition) is 0. The van der Waals surface area contributed by atoms with E-state index in [9.17, 15) is 9.59 Å². The fraction of sp³-hybridized carbons (Fsp3) is 0.833. The standard InChI is InChI=1S/C18H29NO4/c1-4-7-14(19-22-6-3)16-15(20)12-18(23-17(16)21)10-8-13(5-2)9-11-18/h13,16H,4-12H2,1-3H3/b19-14+. The molecule has 1 aliphatic heterocycles. The average molecular weight is 323 g/mol. The molecule has 130 valence electrons. The lowest BCUT2D eigenvalue weighted by Crippen LogP contribution is -2.51. The van der Waals surface area contributed by atoms with Gasteiger partial charge in [0.1, 0.15) is 12.2 Å². The van der Waals surface area contributed by atoms with Crippen LogP contribution in [0.5, 0.6) is 0 Å². The van der Waals surface area contributed by atoms with Crippen molar-refractivity contribution in [3.8, 4) is 0 Å². The highest BCUT2D eigenvalue weighted by Gasteiger charge is 2.49. The SMILES string of the molecule is CCC/C(=N\OCC)C1C(=O)CC2(CCC(CC)CC2)OC1=O. The van der Waals surface area contributed by atoms with Crippen LogP contribution in [-0.4, -0.2) is 29.7 Å². The van der Waals surface area contributed by atoms with Crippen molar-refractivity contribution in [2.45, 2.75) is 77.7 Å². The van der Waals surface area contributed by atoms with Crippen LogP contribution in [0.3, 0.4) is 0 Å². The molecule has 2 fully saturated rings. The molecule has 1 atom stereocenters. The number of Topliss-reactive ketones (excluding diaryl/α,β-unsaturated/α-hetero) is 1. The summed E-state index contributed by atoms with van der Waals surface area (Å²) in [7, 11) is 0. The molecule has 1 heterocycles. The number of nitrogens with zero attached hydrogens (tertiary/aromatic N) is 1. The van der Waals surface area contributed by atoms with Crippen LogP contribution in [0.2, 0.25) is 0 Å². The molecule has 1 saturated heterocycles. The van der Waals surface area contributed by atoms with E-state index < -0.39 is 17.5 Å². The molecular formula is C18H29NO4. The zero-order valence-electron chi connectivity index (χ0n) is 14.6. The number of hydrogen-bond acceptors (Lipinski definition) is 5. The number of carbonyl (C=O) groups is 2. The molecule has 0 N–H and O–H groups in total. The van der Waals surface area contributed by atoms with Gasteiger partial charge in [-0.1, -0.05) is 31.8 Å². The molecule has 2 aliphatic rings. The summed E-state index contributed by atoms with van der Waals surface area (Å²) in [4.78, 5) is 30.3. The molecule has 1 saturated carbocycles. The summed E-state index contributed by atoms with van der Waals surface area (Å²) >= 11 is 0. The van der Waals surface area contributed by atoms with Gasteiger partial charge in [-0.05, 0) is 44.9 Å². The van der Waals surface area contributed by atoms with Crippen molar-refractivity contribution >= 4 is 17.5 Å². The fourth-order valence-electron chi connectivity index (χ4n) is 3.72. The highest BCUT2D eigenvalue weighted by Crippen LogP contribution is 2.42. The second kappa shape index (κ2) is 7.93. The van der Waals surface area contributed by atoms with Crippen LogP contribution in [0.4, 0.5) is 0 Å². The van der Waals surface area contributed by atoms with E-state index in [1.807, 2.05) is 13.8 Å². The maximum absolute atomic E-state index is 12.7. The van der Waals surface area contributed by atoms with Gasteiger partial charge in [0, 0.05) is 6.42 Å². The van der Waals surface area contributed by atoms with Gasteiger partial charge in [0.25, 0.3) is 0 Å².